The van der Waals surface area contributed by atoms with Crippen molar-refractivity contribution in [3.8, 4) is 0 Å². The molecule has 2 heteroatoms. The monoisotopic (exact) mass is 182 g/mol. The van der Waals surface area contributed by atoms with Gasteiger partial charge in [-0.15, -0.1) is 6.58 Å². The molecule has 0 amide bonds. The zero-order chi connectivity index (χ0) is 10.1. The van der Waals surface area contributed by atoms with Gasteiger partial charge in [0.15, 0.2) is 5.78 Å². The van der Waals surface area contributed by atoms with Crippen LogP contribution in [0, 0.1) is 11.8 Å². The van der Waals surface area contributed by atoms with Crippen molar-refractivity contribution in [1.82, 2.24) is 0 Å². The molecule has 0 aromatic rings. The fourth-order valence-electron chi connectivity index (χ4n) is 2.15. The molecule has 1 N–H and O–H groups in total. The summed E-state index contributed by atoms with van der Waals surface area (Å²) in [6.07, 6.45) is 4.02. The fraction of sp³-hybridized carbons (Fsp3) is 0.727. The maximum atomic E-state index is 11.6. The second-order valence-corrected chi connectivity index (χ2v) is 4.07. The average molecular weight is 182 g/mol. The van der Waals surface area contributed by atoms with Crippen molar-refractivity contribution >= 4 is 5.78 Å². The quantitative estimate of drug-likeness (QED) is 0.662. The van der Waals surface area contributed by atoms with Gasteiger partial charge in [0.25, 0.3) is 0 Å². The maximum absolute atomic E-state index is 11.6. The molecule has 1 aliphatic rings. The molecule has 0 spiro atoms. The van der Waals surface area contributed by atoms with Gasteiger partial charge in [-0.25, -0.2) is 0 Å². The first-order valence-electron chi connectivity index (χ1n) is 4.91. The lowest BCUT2D eigenvalue weighted by Crippen LogP contribution is -2.51. The van der Waals surface area contributed by atoms with Gasteiger partial charge in [0.05, 0.1) is 0 Å². The van der Waals surface area contributed by atoms with E-state index >= 15 is 0 Å². The number of carbonyl (C=O) groups is 1. The molecule has 0 bridgehead atoms. The Morgan fingerprint density at radius 1 is 1.77 bits per heavy atom. The Morgan fingerprint density at radius 3 is 2.85 bits per heavy atom. The Kier molecular flexibility index (Phi) is 2.91. The Morgan fingerprint density at radius 2 is 2.38 bits per heavy atom. The summed E-state index contributed by atoms with van der Waals surface area (Å²) in [6.45, 7) is 7.43. The zero-order valence-corrected chi connectivity index (χ0v) is 8.42. The van der Waals surface area contributed by atoms with E-state index in [9.17, 15) is 9.90 Å². The third-order valence-corrected chi connectivity index (χ3v) is 3.29. The van der Waals surface area contributed by atoms with Gasteiger partial charge in [0, 0.05) is 12.3 Å². The number of rotatable bonds is 2. The summed E-state index contributed by atoms with van der Waals surface area (Å²) >= 11 is 0. The molecule has 0 aromatic heterocycles. The average Bonchev–Trinajstić information content (AvgIpc) is 2.12. The first-order valence-corrected chi connectivity index (χ1v) is 4.91. The SMILES string of the molecule is C=CC(C)[C@@]1(O)C(=O)CCC[C@@H]1C. The predicted molar refractivity (Wildman–Crippen MR) is 52.3 cm³/mol. The van der Waals surface area contributed by atoms with Crippen molar-refractivity contribution in [3.05, 3.63) is 12.7 Å². The smallest absolute Gasteiger partial charge is 0.165 e. The molecular formula is C11H18O2. The van der Waals surface area contributed by atoms with Crippen LogP contribution in [0.5, 0.6) is 0 Å². The van der Waals surface area contributed by atoms with Crippen molar-refractivity contribution in [2.24, 2.45) is 11.8 Å². The highest BCUT2D eigenvalue weighted by Gasteiger charge is 2.46. The van der Waals surface area contributed by atoms with Gasteiger partial charge in [0.2, 0.25) is 0 Å². The first kappa shape index (κ1) is 10.5. The molecule has 1 fully saturated rings. The van der Waals surface area contributed by atoms with Crippen LogP contribution in [0.15, 0.2) is 12.7 Å². The standard InChI is InChI=1S/C11H18O2/c1-4-8(2)11(13)9(3)6-5-7-10(11)12/h4,8-9,13H,1,5-7H2,2-3H3/t8?,9-,11-/m0/s1. The van der Waals surface area contributed by atoms with Crippen molar-refractivity contribution in [2.75, 3.05) is 0 Å². The molecule has 1 unspecified atom stereocenters. The molecule has 0 radical (unpaired) electrons. The molecular weight excluding hydrogens is 164 g/mol. The normalized spacial score (nSPS) is 37.2. The van der Waals surface area contributed by atoms with Crippen molar-refractivity contribution in [1.29, 1.82) is 0 Å². The third-order valence-electron chi connectivity index (χ3n) is 3.29. The highest BCUT2D eigenvalue weighted by Crippen LogP contribution is 2.36. The van der Waals surface area contributed by atoms with Crippen LogP contribution in [-0.4, -0.2) is 16.5 Å². The van der Waals surface area contributed by atoms with E-state index in [0.717, 1.165) is 12.8 Å². The first-order chi connectivity index (χ1) is 6.03. The number of hydrogen-bond donors (Lipinski definition) is 1. The van der Waals surface area contributed by atoms with Gasteiger partial charge in [-0.05, 0) is 18.8 Å². The van der Waals surface area contributed by atoms with Crippen molar-refractivity contribution in [2.45, 2.75) is 38.7 Å². The summed E-state index contributed by atoms with van der Waals surface area (Å²) in [6, 6.07) is 0. The molecule has 0 saturated heterocycles. The van der Waals surface area contributed by atoms with Crippen LogP contribution in [-0.2, 0) is 4.79 Å². The van der Waals surface area contributed by atoms with E-state index in [-0.39, 0.29) is 17.6 Å². The number of carbonyl (C=O) groups excluding carboxylic acids is 1. The summed E-state index contributed by atoms with van der Waals surface area (Å²) in [5.41, 5.74) is -1.15. The fourth-order valence-corrected chi connectivity index (χ4v) is 2.15. The van der Waals surface area contributed by atoms with Crippen molar-refractivity contribution < 1.29 is 9.90 Å². The van der Waals surface area contributed by atoms with Gasteiger partial charge in [-0.3, -0.25) is 4.79 Å². The number of ketones is 1. The molecule has 74 valence electrons. The maximum Gasteiger partial charge on any atom is 0.165 e. The van der Waals surface area contributed by atoms with E-state index in [1.807, 2.05) is 13.8 Å². The van der Waals surface area contributed by atoms with Gasteiger partial charge >= 0.3 is 0 Å². The van der Waals surface area contributed by atoms with Crippen molar-refractivity contribution in [3.63, 3.8) is 0 Å². The van der Waals surface area contributed by atoms with Crippen LogP contribution in [0.1, 0.15) is 33.1 Å². The third kappa shape index (κ3) is 1.55. The lowest BCUT2D eigenvalue weighted by atomic mass is 9.69. The molecule has 13 heavy (non-hydrogen) atoms. The molecule has 1 aliphatic carbocycles. The molecule has 0 aliphatic heterocycles. The Balaban J connectivity index is 2.93. The second-order valence-electron chi connectivity index (χ2n) is 4.07. The highest BCUT2D eigenvalue weighted by atomic mass is 16.3. The van der Waals surface area contributed by atoms with Crippen LogP contribution in [0.25, 0.3) is 0 Å². The molecule has 0 aromatic carbocycles. The molecule has 2 nitrogen and oxygen atoms in total. The minimum atomic E-state index is -1.15. The van der Waals surface area contributed by atoms with Crippen LogP contribution in [0.4, 0.5) is 0 Å². The Hall–Kier alpha value is -0.630. The van der Waals surface area contributed by atoms with Crippen LogP contribution >= 0.6 is 0 Å². The largest absolute Gasteiger partial charge is 0.381 e. The molecule has 0 heterocycles. The topological polar surface area (TPSA) is 37.3 Å². The summed E-state index contributed by atoms with van der Waals surface area (Å²) in [5, 5.41) is 10.3. The second kappa shape index (κ2) is 3.62. The van der Waals surface area contributed by atoms with E-state index < -0.39 is 5.60 Å². The van der Waals surface area contributed by atoms with E-state index in [0.29, 0.717) is 6.42 Å². The Bertz CT molecular complexity index is 222. The summed E-state index contributed by atoms with van der Waals surface area (Å²) in [7, 11) is 0. The van der Waals surface area contributed by atoms with E-state index in [2.05, 4.69) is 6.58 Å². The molecule has 3 atom stereocenters. The lowest BCUT2D eigenvalue weighted by molar-refractivity contribution is -0.152. The summed E-state index contributed by atoms with van der Waals surface area (Å²) in [4.78, 5) is 11.6. The van der Waals surface area contributed by atoms with E-state index in [1.165, 1.54) is 0 Å². The Labute approximate surface area is 79.6 Å². The minimum absolute atomic E-state index is 0.0151. The van der Waals surface area contributed by atoms with Gasteiger partial charge in [0.1, 0.15) is 5.60 Å². The highest BCUT2D eigenvalue weighted by molar-refractivity contribution is 5.88. The summed E-state index contributed by atoms with van der Waals surface area (Å²) < 4.78 is 0. The van der Waals surface area contributed by atoms with E-state index in [1.54, 1.807) is 6.08 Å². The van der Waals surface area contributed by atoms with Crippen LogP contribution in [0.2, 0.25) is 0 Å². The van der Waals surface area contributed by atoms with Gasteiger partial charge in [-0.2, -0.15) is 0 Å². The minimum Gasteiger partial charge on any atom is -0.381 e. The number of aliphatic hydroxyl groups is 1. The number of Topliss-reactive ketones (excluding diaryl/α,β-unsaturated/α-hetero) is 1. The molecule has 1 rings (SSSR count). The van der Waals surface area contributed by atoms with Gasteiger partial charge < -0.3 is 5.11 Å². The predicted octanol–water partition coefficient (Wildman–Crippen LogP) is 1.93. The van der Waals surface area contributed by atoms with Gasteiger partial charge in [-0.1, -0.05) is 19.9 Å². The molecule has 1 saturated carbocycles. The van der Waals surface area contributed by atoms with Crippen LogP contribution < -0.4 is 0 Å². The summed E-state index contributed by atoms with van der Waals surface area (Å²) in [5.74, 6) is -0.101. The lowest BCUT2D eigenvalue weighted by Gasteiger charge is -2.39. The van der Waals surface area contributed by atoms with Crippen LogP contribution in [0.3, 0.4) is 0 Å². The number of hydrogen-bond acceptors (Lipinski definition) is 2. The van der Waals surface area contributed by atoms with E-state index in [4.69, 9.17) is 0 Å². The zero-order valence-electron chi connectivity index (χ0n) is 8.42.